The zero-order valence-electron chi connectivity index (χ0n) is 7.90. The minimum atomic E-state index is 0.165. The number of carbonyl (C=O) groups is 1. The number of rotatable bonds is 2. The molecule has 74 valence electrons. The summed E-state index contributed by atoms with van der Waals surface area (Å²) in [4.78, 5) is 11.5. The minimum Gasteiger partial charge on any atom is -0.300 e. The van der Waals surface area contributed by atoms with E-state index in [0.717, 1.165) is 18.6 Å². The Labute approximate surface area is 88.2 Å². The highest BCUT2D eigenvalue weighted by Crippen LogP contribution is 2.19. The van der Waals surface area contributed by atoms with Gasteiger partial charge in [0, 0.05) is 11.7 Å². The van der Waals surface area contributed by atoms with Crippen molar-refractivity contribution in [2.24, 2.45) is 5.92 Å². The predicted molar refractivity (Wildman–Crippen MR) is 58.9 cm³/mol. The molecule has 3 heteroatoms. The molecule has 1 unspecified atom stereocenters. The van der Waals surface area contributed by atoms with Crippen molar-refractivity contribution < 1.29 is 4.79 Å². The number of carbonyl (C=O) groups excluding carboxylic acids is 1. The highest BCUT2D eigenvalue weighted by atomic mass is 32.2. The molecule has 2 nitrogen and oxygen atoms in total. The fraction of sp³-hybridized carbons (Fsp3) is 0.364. The van der Waals surface area contributed by atoms with E-state index in [0.29, 0.717) is 0 Å². The van der Waals surface area contributed by atoms with Crippen molar-refractivity contribution in [3.8, 4) is 0 Å². The van der Waals surface area contributed by atoms with Gasteiger partial charge in [-0.1, -0.05) is 42.3 Å². The summed E-state index contributed by atoms with van der Waals surface area (Å²) in [6.45, 7) is 0. The lowest BCUT2D eigenvalue weighted by Gasteiger charge is -2.20. The maximum absolute atomic E-state index is 11.5. The second-order valence-corrected chi connectivity index (χ2v) is 4.39. The van der Waals surface area contributed by atoms with Crippen LogP contribution in [0.25, 0.3) is 0 Å². The lowest BCUT2D eigenvalue weighted by Crippen LogP contribution is -2.32. The molecule has 1 aromatic carbocycles. The summed E-state index contributed by atoms with van der Waals surface area (Å²) < 4.78 is 2.83. The van der Waals surface area contributed by atoms with Crippen molar-refractivity contribution in [3.63, 3.8) is 0 Å². The van der Waals surface area contributed by atoms with E-state index in [4.69, 9.17) is 0 Å². The average molecular weight is 207 g/mol. The minimum absolute atomic E-state index is 0.165. The molecule has 0 radical (unpaired) electrons. The van der Waals surface area contributed by atoms with Crippen molar-refractivity contribution in [1.82, 2.24) is 4.72 Å². The Bertz CT molecular complexity index is 312. The van der Waals surface area contributed by atoms with E-state index < -0.39 is 0 Å². The van der Waals surface area contributed by atoms with E-state index in [2.05, 4.69) is 16.9 Å². The van der Waals surface area contributed by atoms with Gasteiger partial charge < -0.3 is 0 Å². The van der Waals surface area contributed by atoms with Crippen LogP contribution in [0.2, 0.25) is 0 Å². The van der Waals surface area contributed by atoms with Crippen LogP contribution in [0.1, 0.15) is 12.0 Å². The quantitative estimate of drug-likeness (QED) is 0.752. The van der Waals surface area contributed by atoms with Crippen LogP contribution in [0, 0.1) is 5.92 Å². The number of benzene rings is 1. The summed E-state index contributed by atoms with van der Waals surface area (Å²) in [5.74, 6) is 1.38. The monoisotopic (exact) mass is 207 g/mol. The third-order valence-electron chi connectivity index (χ3n) is 2.44. The van der Waals surface area contributed by atoms with E-state index >= 15 is 0 Å². The third-order valence-corrected chi connectivity index (χ3v) is 3.22. The Morgan fingerprint density at radius 3 is 2.86 bits per heavy atom. The van der Waals surface area contributed by atoms with Crippen LogP contribution in [0.4, 0.5) is 0 Å². The SMILES string of the molecule is O=C1NSCCC1Cc1ccccc1. The second kappa shape index (κ2) is 4.51. The molecule has 1 aromatic rings. The Balaban J connectivity index is 2.00. The van der Waals surface area contributed by atoms with Crippen LogP contribution in [0.3, 0.4) is 0 Å². The number of amides is 1. The first kappa shape index (κ1) is 9.59. The Morgan fingerprint density at radius 2 is 2.14 bits per heavy atom. The first-order chi connectivity index (χ1) is 6.86. The molecule has 0 bridgehead atoms. The van der Waals surface area contributed by atoms with Crippen LogP contribution in [0.5, 0.6) is 0 Å². The summed E-state index contributed by atoms with van der Waals surface area (Å²) in [6.07, 6.45) is 1.86. The van der Waals surface area contributed by atoms with E-state index in [1.807, 2.05) is 18.2 Å². The fourth-order valence-electron chi connectivity index (χ4n) is 1.63. The van der Waals surface area contributed by atoms with Gasteiger partial charge in [-0.05, 0) is 18.4 Å². The molecule has 1 heterocycles. The highest BCUT2D eigenvalue weighted by Gasteiger charge is 2.22. The lowest BCUT2D eigenvalue weighted by molar-refractivity contribution is -0.123. The first-order valence-corrected chi connectivity index (χ1v) is 5.80. The van der Waals surface area contributed by atoms with Gasteiger partial charge in [-0.2, -0.15) is 0 Å². The summed E-state index contributed by atoms with van der Waals surface area (Å²) >= 11 is 1.52. The van der Waals surface area contributed by atoms with Gasteiger partial charge in [0.05, 0.1) is 0 Å². The summed E-state index contributed by atoms with van der Waals surface area (Å²) in [5.41, 5.74) is 1.25. The molecule has 0 aliphatic carbocycles. The molecule has 14 heavy (non-hydrogen) atoms. The number of nitrogens with one attached hydrogen (secondary N) is 1. The van der Waals surface area contributed by atoms with Crippen molar-refractivity contribution in [1.29, 1.82) is 0 Å². The number of hydrogen-bond acceptors (Lipinski definition) is 2. The molecule has 0 aromatic heterocycles. The molecule has 1 atom stereocenters. The van der Waals surface area contributed by atoms with Gasteiger partial charge >= 0.3 is 0 Å². The van der Waals surface area contributed by atoms with Gasteiger partial charge in [-0.25, -0.2) is 0 Å². The second-order valence-electron chi connectivity index (χ2n) is 3.49. The maximum atomic E-state index is 11.5. The Morgan fingerprint density at radius 1 is 1.36 bits per heavy atom. The largest absolute Gasteiger partial charge is 0.300 e. The first-order valence-electron chi connectivity index (χ1n) is 4.82. The zero-order chi connectivity index (χ0) is 9.80. The van der Waals surface area contributed by atoms with Gasteiger partial charge in [0.1, 0.15) is 0 Å². The van der Waals surface area contributed by atoms with Crippen LogP contribution < -0.4 is 4.72 Å². The number of hydrogen-bond donors (Lipinski definition) is 1. The molecule has 1 saturated heterocycles. The van der Waals surface area contributed by atoms with Crippen LogP contribution in [-0.2, 0) is 11.2 Å². The zero-order valence-corrected chi connectivity index (χ0v) is 8.72. The van der Waals surface area contributed by atoms with Crippen LogP contribution in [-0.4, -0.2) is 11.7 Å². The van der Waals surface area contributed by atoms with E-state index in [1.54, 1.807) is 0 Å². The Hall–Kier alpha value is -0.960. The molecule has 0 spiro atoms. The van der Waals surface area contributed by atoms with E-state index in [-0.39, 0.29) is 11.8 Å². The molecule has 1 fully saturated rings. The van der Waals surface area contributed by atoms with Gasteiger partial charge in [0.25, 0.3) is 0 Å². The molecule has 0 saturated carbocycles. The third kappa shape index (κ3) is 2.29. The normalized spacial score (nSPS) is 21.7. The Kier molecular flexibility index (Phi) is 3.09. The smallest absolute Gasteiger partial charge is 0.233 e. The summed E-state index contributed by atoms with van der Waals surface area (Å²) in [6, 6.07) is 10.2. The van der Waals surface area contributed by atoms with Crippen LogP contribution in [0.15, 0.2) is 30.3 Å². The van der Waals surface area contributed by atoms with Crippen LogP contribution >= 0.6 is 11.9 Å². The van der Waals surface area contributed by atoms with Crippen molar-refractivity contribution >= 4 is 17.9 Å². The standard InChI is InChI=1S/C11H13NOS/c13-11-10(6-7-14-12-11)8-9-4-2-1-3-5-9/h1-5,10H,6-8H2,(H,12,13). The molecule has 1 aliphatic heterocycles. The molecular weight excluding hydrogens is 194 g/mol. The highest BCUT2D eigenvalue weighted by molar-refractivity contribution is 7.98. The molecule has 1 N–H and O–H groups in total. The van der Waals surface area contributed by atoms with Crippen molar-refractivity contribution in [2.75, 3.05) is 5.75 Å². The van der Waals surface area contributed by atoms with Gasteiger partial charge in [0.2, 0.25) is 5.91 Å². The van der Waals surface area contributed by atoms with Crippen molar-refractivity contribution in [2.45, 2.75) is 12.8 Å². The average Bonchev–Trinajstić information content (AvgIpc) is 2.23. The van der Waals surface area contributed by atoms with E-state index in [9.17, 15) is 4.79 Å². The van der Waals surface area contributed by atoms with E-state index in [1.165, 1.54) is 17.5 Å². The lowest BCUT2D eigenvalue weighted by atomic mass is 9.96. The molecule has 1 aliphatic rings. The summed E-state index contributed by atoms with van der Waals surface area (Å²) in [5, 5.41) is 0. The predicted octanol–water partition coefficient (Wildman–Crippen LogP) is 2.01. The van der Waals surface area contributed by atoms with Crippen molar-refractivity contribution in [3.05, 3.63) is 35.9 Å². The topological polar surface area (TPSA) is 29.1 Å². The van der Waals surface area contributed by atoms with Gasteiger partial charge in [0.15, 0.2) is 0 Å². The fourth-order valence-corrected chi connectivity index (χ4v) is 2.44. The van der Waals surface area contributed by atoms with Gasteiger partial charge in [-0.15, -0.1) is 0 Å². The molecule has 2 rings (SSSR count). The van der Waals surface area contributed by atoms with Gasteiger partial charge in [-0.3, -0.25) is 9.52 Å². The molecular formula is C11H13NOS. The summed E-state index contributed by atoms with van der Waals surface area (Å²) in [7, 11) is 0. The molecule has 1 amide bonds. The maximum Gasteiger partial charge on any atom is 0.233 e.